The van der Waals surface area contributed by atoms with Gasteiger partial charge in [0.05, 0.1) is 5.56 Å². The average molecular weight is 370 g/mol. The van der Waals surface area contributed by atoms with Gasteiger partial charge < -0.3 is 10.0 Å². The molecule has 0 spiro atoms. The first-order valence-corrected chi connectivity index (χ1v) is 10.4. The number of aromatic carboxylic acids is 1. The van der Waals surface area contributed by atoms with E-state index in [1.807, 2.05) is 12.1 Å². The third kappa shape index (κ3) is 3.62. The summed E-state index contributed by atoms with van der Waals surface area (Å²) in [4.78, 5) is 28.6. The summed E-state index contributed by atoms with van der Waals surface area (Å²) in [6.07, 6.45) is 6.42. The first kappa shape index (κ1) is 18.5. The summed E-state index contributed by atoms with van der Waals surface area (Å²) < 4.78 is 0. The van der Waals surface area contributed by atoms with E-state index in [0.717, 1.165) is 51.7 Å². The molecule has 146 valence electrons. The number of piperidine rings is 3. The molecule has 4 atom stereocenters. The topological polar surface area (TPSA) is 60.9 Å². The first-order valence-electron chi connectivity index (χ1n) is 10.4. The van der Waals surface area contributed by atoms with Crippen molar-refractivity contribution in [2.45, 2.75) is 64.1 Å². The molecule has 0 saturated carbocycles. The summed E-state index contributed by atoms with van der Waals surface area (Å²) in [6.45, 7) is 5.18. The van der Waals surface area contributed by atoms with Crippen molar-refractivity contribution in [2.24, 2.45) is 11.8 Å². The molecule has 2 bridgehead atoms. The van der Waals surface area contributed by atoms with E-state index in [1.165, 1.54) is 12.0 Å². The molecule has 3 fully saturated rings. The quantitative estimate of drug-likeness (QED) is 0.863. The monoisotopic (exact) mass is 370 g/mol. The Bertz CT molecular complexity index is 702. The molecule has 5 heteroatoms. The van der Waals surface area contributed by atoms with Crippen LogP contribution in [0.3, 0.4) is 0 Å². The molecule has 3 aliphatic rings. The van der Waals surface area contributed by atoms with Gasteiger partial charge in [0, 0.05) is 38.1 Å². The number of rotatable bonds is 5. The van der Waals surface area contributed by atoms with E-state index in [2.05, 4.69) is 16.7 Å². The molecular formula is C22H30N2O3. The standard InChI is InChI=1S/C22H30N2O3/c1-2-4-19-17-11-18(20-5-3-6-21(25)24(19)20)14-23(13-17)12-15-7-9-16(10-8-15)22(26)27/h7-10,17-20H,2-6,11-14H2,1H3,(H,26,27)/t17-,18+,19-,20-/m0/s1. The Labute approximate surface area is 161 Å². The van der Waals surface area contributed by atoms with Crippen LogP contribution in [0.5, 0.6) is 0 Å². The summed E-state index contributed by atoms with van der Waals surface area (Å²) in [5, 5.41) is 9.07. The fraction of sp³-hybridized carbons (Fsp3) is 0.636. The normalized spacial score (nSPS) is 30.9. The lowest BCUT2D eigenvalue weighted by atomic mass is 9.71. The van der Waals surface area contributed by atoms with E-state index in [-0.39, 0.29) is 0 Å². The lowest BCUT2D eigenvalue weighted by Crippen LogP contribution is -2.64. The van der Waals surface area contributed by atoms with Gasteiger partial charge >= 0.3 is 5.97 Å². The zero-order chi connectivity index (χ0) is 19.0. The molecule has 1 aromatic rings. The third-order valence-corrected chi connectivity index (χ3v) is 6.76. The van der Waals surface area contributed by atoms with Crippen molar-refractivity contribution in [1.29, 1.82) is 0 Å². The second-order valence-corrected chi connectivity index (χ2v) is 8.57. The fourth-order valence-electron chi connectivity index (χ4n) is 5.68. The van der Waals surface area contributed by atoms with Gasteiger partial charge in [-0.15, -0.1) is 0 Å². The van der Waals surface area contributed by atoms with Crippen molar-refractivity contribution in [1.82, 2.24) is 9.80 Å². The van der Waals surface area contributed by atoms with E-state index in [1.54, 1.807) is 12.1 Å². The number of fused-ring (bicyclic) bond motifs is 4. The lowest BCUT2D eigenvalue weighted by Gasteiger charge is -2.57. The van der Waals surface area contributed by atoms with E-state index in [0.29, 0.717) is 35.4 Å². The number of hydrogen-bond donors (Lipinski definition) is 1. The van der Waals surface area contributed by atoms with Crippen LogP contribution >= 0.6 is 0 Å². The Hall–Kier alpha value is -1.88. The number of carboxylic acids is 1. The molecular weight excluding hydrogens is 340 g/mol. The number of amides is 1. The third-order valence-electron chi connectivity index (χ3n) is 6.76. The Morgan fingerprint density at radius 2 is 1.93 bits per heavy atom. The molecule has 0 unspecified atom stereocenters. The van der Waals surface area contributed by atoms with Crippen LogP contribution in [-0.2, 0) is 11.3 Å². The van der Waals surface area contributed by atoms with Crippen LogP contribution in [0.4, 0.5) is 0 Å². The zero-order valence-electron chi connectivity index (χ0n) is 16.1. The summed E-state index contributed by atoms with van der Waals surface area (Å²) >= 11 is 0. The van der Waals surface area contributed by atoms with Crippen molar-refractivity contribution < 1.29 is 14.7 Å². The smallest absolute Gasteiger partial charge is 0.335 e. The number of benzene rings is 1. The molecule has 4 rings (SSSR count). The number of likely N-dealkylation sites (tertiary alicyclic amines) is 1. The first-order chi connectivity index (χ1) is 13.1. The molecule has 0 aliphatic carbocycles. The predicted molar refractivity (Wildman–Crippen MR) is 103 cm³/mol. The van der Waals surface area contributed by atoms with Gasteiger partial charge in [-0.25, -0.2) is 4.79 Å². The largest absolute Gasteiger partial charge is 0.478 e. The van der Waals surface area contributed by atoms with Crippen molar-refractivity contribution in [2.75, 3.05) is 13.1 Å². The highest BCUT2D eigenvalue weighted by Gasteiger charge is 2.48. The van der Waals surface area contributed by atoms with E-state index in [4.69, 9.17) is 5.11 Å². The van der Waals surface area contributed by atoms with E-state index >= 15 is 0 Å². The molecule has 1 amide bonds. The van der Waals surface area contributed by atoms with Gasteiger partial charge in [-0.2, -0.15) is 0 Å². The van der Waals surface area contributed by atoms with Crippen molar-refractivity contribution in [3.8, 4) is 0 Å². The van der Waals surface area contributed by atoms with Crippen LogP contribution < -0.4 is 0 Å². The predicted octanol–water partition coefficient (Wildman–Crippen LogP) is 3.39. The van der Waals surface area contributed by atoms with Gasteiger partial charge in [-0.3, -0.25) is 9.69 Å². The highest BCUT2D eigenvalue weighted by Crippen LogP contribution is 2.43. The second kappa shape index (κ2) is 7.63. The average Bonchev–Trinajstić information content (AvgIpc) is 2.66. The molecule has 0 radical (unpaired) electrons. The molecule has 1 aromatic carbocycles. The van der Waals surface area contributed by atoms with Crippen molar-refractivity contribution >= 4 is 11.9 Å². The SMILES string of the molecule is CCC[C@H]1[C@H]2C[C@H](CN(Cc3ccc(C(=O)O)cc3)C2)[C@@H]2CCCC(=O)N21. The van der Waals surface area contributed by atoms with Gasteiger partial charge in [0.25, 0.3) is 0 Å². The summed E-state index contributed by atoms with van der Waals surface area (Å²) in [5.41, 5.74) is 1.51. The lowest BCUT2D eigenvalue weighted by molar-refractivity contribution is -0.153. The summed E-state index contributed by atoms with van der Waals surface area (Å²) in [5.74, 6) is 0.662. The van der Waals surface area contributed by atoms with Gasteiger partial charge in [0.2, 0.25) is 5.91 Å². The van der Waals surface area contributed by atoms with Crippen LogP contribution in [-0.4, -0.2) is 52.0 Å². The molecule has 3 aliphatic heterocycles. The minimum absolute atomic E-state index is 0.341. The fourth-order valence-corrected chi connectivity index (χ4v) is 5.68. The minimum Gasteiger partial charge on any atom is -0.478 e. The van der Waals surface area contributed by atoms with Gasteiger partial charge in [0.15, 0.2) is 0 Å². The number of carbonyl (C=O) groups is 2. The molecule has 1 N–H and O–H groups in total. The molecule has 27 heavy (non-hydrogen) atoms. The molecule has 3 saturated heterocycles. The van der Waals surface area contributed by atoms with Crippen LogP contribution in [0, 0.1) is 11.8 Å². The van der Waals surface area contributed by atoms with E-state index in [9.17, 15) is 9.59 Å². The van der Waals surface area contributed by atoms with Crippen LogP contribution in [0.1, 0.15) is 61.4 Å². The number of nitrogens with zero attached hydrogens (tertiary/aromatic N) is 2. The van der Waals surface area contributed by atoms with Gasteiger partial charge in [-0.1, -0.05) is 25.5 Å². The maximum atomic E-state index is 12.7. The number of carboxylic acid groups (broad SMARTS) is 1. The van der Waals surface area contributed by atoms with Crippen molar-refractivity contribution in [3.05, 3.63) is 35.4 Å². The van der Waals surface area contributed by atoms with Crippen LogP contribution in [0.25, 0.3) is 0 Å². The van der Waals surface area contributed by atoms with Gasteiger partial charge in [0.1, 0.15) is 0 Å². The minimum atomic E-state index is -0.876. The molecule has 0 aromatic heterocycles. The molecule has 3 heterocycles. The Kier molecular flexibility index (Phi) is 5.22. The highest BCUT2D eigenvalue weighted by atomic mass is 16.4. The van der Waals surface area contributed by atoms with Crippen molar-refractivity contribution in [3.63, 3.8) is 0 Å². The van der Waals surface area contributed by atoms with E-state index < -0.39 is 5.97 Å². The second-order valence-electron chi connectivity index (χ2n) is 8.57. The Morgan fingerprint density at radius 1 is 1.19 bits per heavy atom. The number of carbonyl (C=O) groups excluding carboxylic acids is 1. The maximum absolute atomic E-state index is 12.7. The van der Waals surface area contributed by atoms with Crippen LogP contribution in [0.2, 0.25) is 0 Å². The van der Waals surface area contributed by atoms with Gasteiger partial charge in [-0.05, 0) is 55.2 Å². The molecule has 5 nitrogen and oxygen atoms in total. The van der Waals surface area contributed by atoms with Crippen LogP contribution in [0.15, 0.2) is 24.3 Å². The number of hydrogen-bond acceptors (Lipinski definition) is 3. The zero-order valence-corrected chi connectivity index (χ0v) is 16.1. The summed E-state index contributed by atoms with van der Waals surface area (Å²) in [6, 6.07) is 8.10. The summed E-state index contributed by atoms with van der Waals surface area (Å²) in [7, 11) is 0. The Morgan fingerprint density at radius 3 is 2.63 bits per heavy atom. The Balaban J connectivity index is 1.50. The highest BCUT2D eigenvalue weighted by molar-refractivity contribution is 5.87. The maximum Gasteiger partial charge on any atom is 0.335 e.